The molecule has 0 atom stereocenters. The number of hydrogen-bond donors (Lipinski definition) is 2. The highest BCUT2D eigenvalue weighted by atomic mass is 32.1. The van der Waals surface area contributed by atoms with Gasteiger partial charge in [-0.1, -0.05) is 17.4 Å². The molecule has 16 heavy (non-hydrogen) atoms. The van der Waals surface area contributed by atoms with Gasteiger partial charge in [-0.3, -0.25) is 0 Å². The average Bonchev–Trinajstić information content (AvgIpc) is 2.66. The first-order chi connectivity index (χ1) is 7.65. The van der Waals surface area contributed by atoms with Crippen molar-refractivity contribution in [2.24, 2.45) is 0 Å². The van der Waals surface area contributed by atoms with Crippen LogP contribution in [0.15, 0.2) is 18.2 Å². The minimum absolute atomic E-state index is 0.175. The number of anilines is 2. The number of nitrogen functional groups attached to an aromatic ring is 2. The number of benzene rings is 1. The molecule has 0 saturated heterocycles. The van der Waals surface area contributed by atoms with Crippen LogP contribution in [0.3, 0.4) is 0 Å². The molecule has 0 aliphatic carbocycles. The predicted octanol–water partition coefficient (Wildman–Crippen LogP) is 1.63. The van der Waals surface area contributed by atoms with Gasteiger partial charge in [0.05, 0.1) is 5.69 Å². The van der Waals surface area contributed by atoms with Gasteiger partial charge in [0.2, 0.25) is 5.13 Å². The molecule has 1 aromatic heterocycles. The van der Waals surface area contributed by atoms with Gasteiger partial charge in [-0.05, 0) is 24.1 Å². The molecule has 2 aromatic rings. The summed E-state index contributed by atoms with van der Waals surface area (Å²) in [6.45, 7) is 0. The van der Waals surface area contributed by atoms with E-state index in [0.29, 0.717) is 5.13 Å². The Bertz CT molecular complexity index is 497. The van der Waals surface area contributed by atoms with E-state index < -0.39 is 0 Å². The third-order valence-corrected chi connectivity index (χ3v) is 2.98. The molecule has 0 amide bonds. The third-order valence-electron chi connectivity index (χ3n) is 2.17. The molecule has 0 spiro atoms. The first-order valence-corrected chi connectivity index (χ1v) is 5.58. The van der Waals surface area contributed by atoms with Crippen LogP contribution in [0.1, 0.15) is 10.6 Å². The molecule has 4 N–H and O–H groups in total. The summed E-state index contributed by atoms with van der Waals surface area (Å²) in [4.78, 5) is 0. The molecular formula is C10H11FN4S. The molecule has 0 aliphatic rings. The Morgan fingerprint density at radius 1 is 1.19 bits per heavy atom. The maximum Gasteiger partial charge on any atom is 0.203 e. The standard InChI is InChI=1S/C10H11FN4S/c11-7-3-1-6(5-8(7)12)2-4-9-14-15-10(13)16-9/h1,3,5H,2,4,12H2,(H2,13,15). The fourth-order valence-electron chi connectivity index (χ4n) is 1.37. The molecule has 1 aromatic carbocycles. The maximum absolute atomic E-state index is 12.9. The summed E-state index contributed by atoms with van der Waals surface area (Å²) in [5.74, 6) is -0.385. The summed E-state index contributed by atoms with van der Waals surface area (Å²) in [7, 11) is 0. The summed E-state index contributed by atoms with van der Waals surface area (Å²) >= 11 is 1.36. The molecule has 4 nitrogen and oxygen atoms in total. The molecule has 0 bridgehead atoms. The molecule has 6 heteroatoms. The predicted molar refractivity (Wildman–Crippen MR) is 62.5 cm³/mol. The SMILES string of the molecule is Nc1nnc(CCc2ccc(F)c(N)c2)s1. The van der Waals surface area contributed by atoms with Crippen molar-refractivity contribution >= 4 is 22.2 Å². The van der Waals surface area contributed by atoms with Crippen LogP contribution in [-0.2, 0) is 12.8 Å². The van der Waals surface area contributed by atoms with Crippen molar-refractivity contribution in [1.29, 1.82) is 0 Å². The van der Waals surface area contributed by atoms with Crippen molar-refractivity contribution in [3.8, 4) is 0 Å². The second-order valence-corrected chi connectivity index (χ2v) is 4.48. The summed E-state index contributed by atoms with van der Waals surface area (Å²) < 4.78 is 12.9. The van der Waals surface area contributed by atoms with E-state index in [1.807, 2.05) is 0 Å². The van der Waals surface area contributed by atoms with Gasteiger partial charge in [0.25, 0.3) is 0 Å². The highest BCUT2D eigenvalue weighted by Crippen LogP contribution is 2.16. The Balaban J connectivity index is 2.02. The van der Waals surface area contributed by atoms with Crippen molar-refractivity contribution in [1.82, 2.24) is 10.2 Å². The van der Waals surface area contributed by atoms with Crippen molar-refractivity contribution in [3.05, 3.63) is 34.6 Å². The molecule has 0 unspecified atom stereocenters. The first kappa shape index (κ1) is 10.8. The summed E-state index contributed by atoms with van der Waals surface area (Å²) in [5.41, 5.74) is 12.1. The van der Waals surface area contributed by atoms with Gasteiger partial charge in [0.15, 0.2) is 0 Å². The lowest BCUT2D eigenvalue weighted by molar-refractivity contribution is 0.631. The van der Waals surface area contributed by atoms with Gasteiger partial charge in [-0.25, -0.2) is 4.39 Å². The van der Waals surface area contributed by atoms with Gasteiger partial charge >= 0.3 is 0 Å². The molecule has 0 fully saturated rings. The topological polar surface area (TPSA) is 77.8 Å². The molecule has 0 saturated carbocycles. The lowest BCUT2D eigenvalue weighted by Crippen LogP contribution is -1.95. The number of halogens is 1. The number of aryl methyl sites for hydroxylation is 2. The fourth-order valence-corrected chi connectivity index (χ4v) is 1.98. The van der Waals surface area contributed by atoms with Gasteiger partial charge in [-0.2, -0.15) is 0 Å². The molecule has 2 rings (SSSR count). The number of aromatic nitrogens is 2. The monoisotopic (exact) mass is 238 g/mol. The van der Waals surface area contributed by atoms with Gasteiger partial charge in [0.1, 0.15) is 10.8 Å². The summed E-state index contributed by atoms with van der Waals surface area (Å²) in [6.07, 6.45) is 1.49. The lowest BCUT2D eigenvalue weighted by Gasteiger charge is -2.01. The highest BCUT2D eigenvalue weighted by molar-refractivity contribution is 7.15. The van der Waals surface area contributed by atoms with Crippen LogP contribution >= 0.6 is 11.3 Å². The Hall–Kier alpha value is -1.69. The minimum Gasteiger partial charge on any atom is -0.396 e. The minimum atomic E-state index is -0.385. The second-order valence-electron chi connectivity index (χ2n) is 3.39. The van der Waals surface area contributed by atoms with E-state index in [9.17, 15) is 4.39 Å². The van der Waals surface area contributed by atoms with E-state index in [0.717, 1.165) is 23.4 Å². The number of rotatable bonds is 3. The van der Waals surface area contributed by atoms with Crippen LogP contribution in [0, 0.1) is 5.82 Å². The molecule has 1 heterocycles. The van der Waals surface area contributed by atoms with Crippen molar-refractivity contribution in [2.45, 2.75) is 12.8 Å². The van der Waals surface area contributed by atoms with Gasteiger partial charge < -0.3 is 11.5 Å². The lowest BCUT2D eigenvalue weighted by atomic mass is 10.1. The average molecular weight is 238 g/mol. The van der Waals surface area contributed by atoms with Crippen LogP contribution in [0.4, 0.5) is 15.2 Å². The fraction of sp³-hybridized carbons (Fsp3) is 0.200. The normalized spacial score (nSPS) is 10.6. The zero-order valence-corrected chi connectivity index (χ0v) is 9.30. The Kier molecular flexibility index (Phi) is 3.00. The van der Waals surface area contributed by atoms with Crippen molar-refractivity contribution in [2.75, 3.05) is 11.5 Å². The smallest absolute Gasteiger partial charge is 0.203 e. The van der Waals surface area contributed by atoms with E-state index in [1.54, 1.807) is 12.1 Å². The zero-order chi connectivity index (χ0) is 11.5. The van der Waals surface area contributed by atoms with Gasteiger partial charge in [-0.15, -0.1) is 10.2 Å². The molecule has 84 valence electrons. The quantitative estimate of drug-likeness (QED) is 0.797. The summed E-state index contributed by atoms with van der Waals surface area (Å²) in [6, 6.07) is 4.73. The third kappa shape index (κ3) is 2.46. The zero-order valence-electron chi connectivity index (χ0n) is 8.48. The Labute approximate surface area is 96.1 Å². The van der Waals surface area contributed by atoms with E-state index in [-0.39, 0.29) is 11.5 Å². The van der Waals surface area contributed by atoms with E-state index in [1.165, 1.54) is 17.4 Å². The Morgan fingerprint density at radius 3 is 2.62 bits per heavy atom. The van der Waals surface area contributed by atoms with Crippen LogP contribution in [-0.4, -0.2) is 10.2 Å². The largest absolute Gasteiger partial charge is 0.396 e. The number of nitrogens with zero attached hydrogens (tertiary/aromatic N) is 2. The number of nitrogens with two attached hydrogens (primary N) is 2. The van der Waals surface area contributed by atoms with E-state index >= 15 is 0 Å². The number of hydrogen-bond acceptors (Lipinski definition) is 5. The van der Waals surface area contributed by atoms with E-state index in [2.05, 4.69) is 10.2 Å². The first-order valence-electron chi connectivity index (χ1n) is 4.77. The van der Waals surface area contributed by atoms with Gasteiger partial charge in [0, 0.05) is 6.42 Å². The van der Waals surface area contributed by atoms with Crippen molar-refractivity contribution < 1.29 is 4.39 Å². The molecule has 0 radical (unpaired) electrons. The maximum atomic E-state index is 12.9. The highest BCUT2D eigenvalue weighted by Gasteiger charge is 2.03. The molecule has 0 aliphatic heterocycles. The Morgan fingerprint density at radius 2 is 2.00 bits per heavy atom. The van der Waals surface area contributed by atoms with Crippen LogP contribution < -0.4 is 11.5 Å². The second kappa shape index (κ2) is 4.44. The van der Waals surface area contributed by atoms with Crippen LogP contribution in [0.25, 0.3) is 0 Å². The van der Waals surface area contributed by atoms with Crippen LogP contribution in [0.5, 0.6) is 0 Å². The van der Waals surface area contributed by atoms with Crippen molar-refractivity contribution in [3.63, 3.8) is 0 Å². The summed E-state index contributed by atoms with van der Waals surface area (Å²) in [5, 5.41) is 8.97. The van der Waals surface area contributed by atoms with E-state index in [4.69, 9.17) is 11.5 Å². The van der Waals surface area contributed by atoms with Crippen LogP contribution in [0.2, 0.25) is 0 Å². The molecular weight excluding hydrogens is 227 g/mol.